The molecule has 3 aromatic rings. The summed E-state index contributed by atoms with van der Waals surface area (Å²) in [5, 5.41) is 2.72. The van der Waals surface area contributed by atoms with Crippen LogP contribution in [-0.2, 0) is 15.8 Å². The lowest BCUT2D eigenvalue weighted by Gasteiger charge is -2.18. The van der Waals surface area contributed by atoms with Crippen molar-refractivity contribution >= 4 is 23.2 Å². The first-order chi connectivity index (χ1) is 15.3. The third-order valence-corrected chi connectivity index (χ3v) is 4.85. The minimum Gasteiger partial charge on any atom is -0.424 e. The van der Waals surface area contributed by atoms with Crippen molar-refractivity contribution in [3.05, 3.63) is 72.6 Å². The minimum absolute atomic E-state index is 0.00147. The Morgan fingerprint density at radius 1 is 1.06 bits per heavy atom. The molecule has 1 saturated heterocycles. The zero-order valence-corrected chi connectivity index (χ0v) is 16.5. The largest absolute Gasteiger partial charge is 0.424 e. The van der Waals surface area contributed by atoms with Crippen LogP contribution >= 0.6 is 0 Å². The van der Waals surface area contributed by atoms with Gasteiger partial charge in [0.1, 0.15) is 5.75 Å². The fourth-order valence-corrected chi connectivity index (χ4v) is 3.28. The molecule has 164 valence electrons. The Hall–Kier alpha value is -3.95. The van der Waals surface area contributed by atoms with Crippen molar-refractivity contribution in [2.24, 2.45) is 5.92 Å². The van der Waals surface area contributed by atoms with Gasteiger partial charge in [0, 0.05) is 36.7 Å². The lowest BCUT2D eigenvalue weighted by atomic mass is 10.1. The van der Waals surface area contributed by atoms with Crippen LogP contribution in [0.25, 0.3) is 0 Å². The second-order valence-corrected chi connectivity index (χ2v) is 7.10. The van der Waals surface area contributed by atoms with Gasteiger partial charge in [-0.1, -0.05) is 6.07 Å². The summed E-state index contributed by atoms with van der Waals surface area (Å²) in [5.41, 5.74) is -0.245. The summed E-state index contributed by atoms with van der Waals surface area (Å²) in [7, 11) is 0. The Morgan fingerprint density at radius 2 is 1.78 bits per heavy atom. The maximum atomic E-state index is 13.0. The molecule has 4 rings (SSSR count). The number of ether oxygens (including phenoxy) is 1. The van der Waals surface area contributed by atoms with Crippen LogP contribution in [0.4, 0.5) is 24.5 Å². The van der Waals surface area contributed by atoms with E-state index in [0.717, 1.165) is 12.1 Å². The van der Waals surface area contributed by atoms with E-state index in [2.05, 4.69) is 15.3 Å². The number of anilines is 2. The van der Waals surface area contributed by atoms with Gasteiger partial charge in [-0.3, -0.25) is 9.59 Å². The number of hydrogen-bond donors (Lipinski definition) is 1. The molecule has 10 heteroatoms. The molecule has 0 saturated carbocycles. The lowest BCUT2D eigenvalue weighted by molar-refractivity contribution is -0.137. The van der Waals surface area contributed by atoms with Crippen LogP contribution < -0.4 is 15.0 Å². The SMILES string of the molecule is O=C(Nc1ccc(Oc2ncccn2)cc1)C1CC(=O)N(c2cccc(C(F)(F)F)c2)C1. The molecule has 0 radical (unpaired) electrons. The molecule has 1 aromatic heterocycles. The number of nitrogens with one attached hydrogen (secondary N) is 1. The van der Waals surface area contributed by atoms with Crippen LogP contribution in [0.2, 0.25) is 0 Å². The van der Waals surface area contributed by atoms with Crippen molar-refractivity contribution in [2.45, 2.75) is 12.6 Å². The molecule has 1 aliphatic rings. The third-order valence-electron chi connectivity index (χ3n) is 4.85. The van der Waals surface area contributed by atoms with Crippen molar-refractivity contribution in [2.75, 3.05) is 16.8 Å². The van der Waals surface area contributed by atoms with Gasteiger partial charge < -0.3 is 15.0 Å². The van der Waals surface area contributed by atoms with E-state index in [1.54, 1.807) is 42.7 Å². The molecule has 1 atom stereocenters. The standard InChI is InChI=1S/C22H17F3N4O3/c23-22(24,25)15-3-1-4-17(12-15)29-13-14(11-19(29)30)20(31)28-16-5-7-18(8-6-16)32-21-26-9-2-10-27-21/h1-10,12,14H,11,13H2,(H,28,31). The zero-order chi connectivity index (χ0) is 22.7. The number of rotatable bonds is 5. The summed E-state index contributed by atoms with van der Waals surface area (Å²) < 4.78 is 44.4. The van der Waals surface area contributed by atoms with Gasteiger partial charge in [0.2, 0.25) is 11.8 Å². The quantitative estimate of drug-likeness (QED) is 0.638. The van der Waals surface area contributed by atoms with Crippen molar-refractivity contribution in [1.29, 1.82) is 0 Å². The Labute approximate surface area is 180 Å². The summed E-state index contributed by atoms with van der Waals surface area (Å²) in [4.78, 5) is 34.1. The Bertz CT molecular complexity index is 1120. The van der Waals surface area contributed by atoms with Crippen LogP contribution in [0.1, 0.15) is 12.0 Å². The minimum atomic E-state index is -4.52. The van der Waals surface area contributed by atoms with Gasteiger partial charge in [0.25, 0.3) is 0 Å². The van der Waals surface area contributed by atoms with Gasteiger partial charge in [-0.05, 0) is 48.5 Å². The zero-order valence-electron chi connectivity index (χ0n) is 16.5. The van der Waals surface area contributed by atoms with Crippen molar-refractivity contribution < 1.29 is 27.5 Å². The second-order valence-electron chi connectivity index (χ2n) is 7.10. The van der Waals surface area contributed by atoms with Gasteiger partial charge in [-0.15, -0.1) is 0 Å². The topological polar surface area (TPSA) is 84.4 Å². The molecule has 7 nitrogen and oxygen atoms in total. The molecular formula is C22H17F3N4O3. The number of alkyl halides is 3. The molecule has 2 heterocycles. The number of carbonyl (C=O) groups is 2. The van der Waals surface area contributed by atoms with Crippen molar-refractivity contribution in [1.82, 2.24) is 9.97 Å². The van der Waals surface area contributed by atoms with E-state index in [9.17, 15) is 22.8 Å². The predicted molar refractivity (Wildman–Crippen MR) is 109 cm³/mol. The van der Waals surface area contributed by atoms with Gasteiger partial charge >= 0.3 is 12.2 Å². The Balaban J connectivity index is 1.39. The van der Waals surface area contributed by atoms with E-state index in [4.69, 9.17) is 4.74 Å². The fraction of sp³-hybridized carbons (Fsp3) is 0.182. The predicted octanol–water partition coefficient (Wildman–Crippen LogP) is 4.28. The maximum Gasteiger partial charge on any atom is 0.416 e. The van der Waals surface area contributed by atoms with E-state index < -0.39 is 29.5 Å². The average molecular weight is 442 g/mol. The van der Waals surface area contributed by atoms with Crippen LogP contribution in [0.15, 0.2) is 67.0 Å². The first-order valence-electron chi connectivity index (χ1n) is 9.63. The molecule has 0 aliphatic carbocycles. The van der Waals surface area contributed by atoms with E-state index >= 15 is 0 Å². The third kappa shape index (κ3) is 4.85. The summed E-state index contributed by atoms with van der Waals surface area (Å²) in [6.45, 7) is -0.00147. The number of carbonyl (C=O) groups excluding carboxylic acids is 2. The number of hydrogen-bond acceptors (Lipinski definition) is 5. The van der Waals surface area contributed by atoms with Crippen LogP contribution in [-0.4, -0.2) is 28.3 Å². The molecule has 1 N–H and O–H groups in total. The molecule has 32 heavy (non-hydrogen) atoms. The Kier molecular flexibility index (Phi) is 5.76. The van der Waals surface area contributed by atoms with Gasteiger partial charge in [-0.2, -0.15) is 13.2 Å². The van der Waals surface area contributed by atoms with Crippen LogP contribution in [0.3, 0.4) is 0 Å². The number of nitrogens with zero attached hydrogens (tertiary/aromatic N) is 3. The molecule has 1 aliphatic heterocycles. The Morgan fingerprint density at radius 3 is 2.47 bits per heavy atom. The first-order valence-corrected chi connectivity index (χ1v) is 9.63. The summed E-state index contributed by atoms with van der Waals surface area (Å²) in [6, 6.07) is 12.8. The smallest absolute Gasteiger partial charge is 0.416 e. The van der Waals surface area contributed by atoms with E-state index in [-0.39, 0.29) is 24.7 Å². The van der Waals surface area contributed by atoms with Gasteiger partial charge in [0.15, 0.2) is 0 Å². The van der Waals surface area contributed by atoms with E-state index in [1.165, 1.54) is 17.0 Å². The molecule has 1 unspecified atom stereocenters. The highest BCUT2D eigenvalue weighted by Gasteiger charge is 2.37. The monoisotopic (exact) mass is 442 g/mol. The first kappa shape index (κ1) is 21.3. The fourth-order valence-electron chi connectivity index (χ4n) is 3.28. The summed E-state index contributed by atoms with van der Waals surface area (Å²) >= 11 is 0. The highest BCUT2D eigenvalue weighted by Crippen LogP contribution is 2.33. The second kappa shape index (κ2) is 8.66. The highest BCUT2D eigenvalue weighted by molar-refractivity contribution is 6.03. The molecule has 1 fully saturated rings. The van der Waals surface area contributed by atoms with E-state index in [1.807, 2.05) is 0 Å². The van der Waals surface area contributed by atoms with E-state index in [0.29, 0.717) is 11.4 Å². The van der Waals surface area contributed by atoms with Crippen molar-refractivity contribution in [3.8, 4) is 11.8 Å². The number of halogens is 3. The molecule has 2 aromatic carbocycles. The lowest BCUT2D eigenvalue weighted by Crippen LogP contribution is -2.28. The van der Waals surface area contributed by atoms with Crippen LogP contribution in [0, 0.1) is 5.92 Å². The number of benzene rings is 2. The molecule has 0 bridgehead atoms. The summed E-state index contributed by atoms with van der Waals surface area (Å²) in [6.07, 6.45) is -1.52. The molecule has 2 amide bonds. The number of amides is 2. The van der Waals surface area contributed by atoms with Gasteiger partial charge in [-0.25, -0.2) is 9.97 Å². The van der Waals surface area contributed by atoms with Crippen LogP contribution in [0.5, 0.6) is 11.8 Å². The maximum absolute atomic E-state index is 13.0. The summed E-state index contributed by atoms with van der Waals surface area (Å²) in [5.74, 6) is -1.02. The normalized spacial score (nSPS) is 16.2. The highest BCUT2D eigenvalue weighted by atomic mass is 19.4. The van der Waals surface area contributed by atoms with Crippen molar-refractivity contribution in [3.63, 3.8) is 0 Å². The molecular weight excluding hydrogens is 425 g/mol. The number of aromatic nitrogens is 2. The molecule has 0 spiro atoms. The average Bonchev–Trinajstić information content (AvgIpc) is 3.17. The van der Waals surface area contributed by atoms with Gasteiger partial charge in [0.05, 0.1) is 11.5 Å².